The number of aliphatic hydroxyl groups is 1. The van der Waals surface area contributed by atoms with Crippen molar-refractivity contribution >= 4 is 21.9 Å². The lowest BCUT2D eigenvalue weighted by atomic mass is 10.1. The lowest BCUT2D eigenvalue weighted by Gasteiger charge is -2.14. The zero-order valence-corrected chi connectivity index (χ0v) is 17.4. The second-order valence-corrected chi connectivity index (χ2v) is 7.31. The second kappa shape index (κ2) is 10.3. The number of hydrogen-bond donors (Lipinski definition) is 3. The lowest BCUT2D eigenvalue weighted by Crippen LogP contribution is -2.32. The SMILES string of the molecule is CCCCCCNCC(O)COc1cc(O)c2c(=O)c3cccc(OC)c3oc2c1. The van der Waals surface area contributed by atoms with E-state index in [4.69, 9.17) is 13.9 Å². The van der Waals surface area contributed by atoms with Crippen molar-refractivity contribution in [2.75, 3.05) is 26.8 Å². The molecule has 0 aliphatic carbocycles. The number of methoxy groups -OCH3 is 1. The molecule has 3 rings (SSSR count). The summed E-state index contributed by atoms with van der Waals surface area (Å²) in [4.78, 5) is 12.8. The van der Waals surface area contributed by atoms with Crippen molar-refractivity contribution in [3.63, 3.8) is 0 Å². The largest absolute Gasteiger partial charge is 0.507 e. The normalized spacial score (nSPS) is 12.4. The van der Waals surface area contributed by atoms with E-state index in [2.05, 4.69) is 12.2 Å². The summed E-state index contributed by atoms with van der Waals surface area (Å²) in [5.41, 5.74) is 0.151. The molecule has 0 spiro atoms. The zero-order chi connectivity index (χ0) is 21.5. The van der Waals surface area contributed by atoms with Crippen LogP contribution in [0.25, 0.3) is 21.9 Å². The molecule has 0 saturated carbocycles. The van der Waals surface area contributed by atoms with E-state index in [-0.39, 0.29) is 28.8 Å². The quantitative estimate of drug-likeness (QED) is 0.325. The van der Waals surface area contributed by atoms with Gasteiger partial charge in [-0.05, 0) is 25.1 Å². The predicted molar refractivity (Wildman–Crippen MR) is 117 cm³/mol. The molecule has 2 aromatic carbocycles. The van der Waals surface area contributed by atoms with Gasteiger partial charge in [0.2, 0.25) is 5.43 Å². The van der Waals surface area contributed by atoms with Gasteiger partial charge in [-0.25, -0.2) is 0 Å². The molecule has 1 heterocycles. The van der Waals surface area contributed by atoms with Gasteiger partial charge in [-0.3, -0.25) is 4.79 Å². The van der Waals surface area contributed by atoms with Gasteiger partial charge in [0, 0.05) is 18.7 Å². The van der Waals surface area contributed by atoms with Crippen LogP contribution < -0.4 is 20.2 Å². The molecule has 30 heavy (non-hydrogen) atoms. The molecule has 3 aromatic rings. The number of phenolic OH excluding ortho intramolecular Hbond substituents is 1. The molecule has 1 aromatic heterocycles. The van der Waals surface area contributed by atoms with Gasteiger partial charge in [0.1, 0.15) is 35.2 Å². The Morgan fingerprint density at radius 1 is 1.20 bits per heavy atom. The van der Waals surface area contributed by atoms with E-state index in [0.29, 0.717) is 29.0 Å². The van der Waals surface area contributed by atoms with Crippen molar-refractivity contribution in [1.82, 2.24) is 5.32 Å². The smallest absolute Gasteiger partial charge is 0.204 e. The highest BCUT2D eigenvalue weighted by Gasteiger charge is 2.16. The molecule has 0 fully saturated rings. The Morgan fingerprint density at radius 2 is 2.03 bits per heavy atom. The molecule has 1 atom stereocenters. The predicted octanol–water partition coefficient (Wildman–Crippen LogP) is 3.57. The van der Waals surface area contributed by atoms with E-state index in [1.807, 2.05) is 0 Å². The molecule has 0 bridgehead atoms. The number of rotatable bonds is 11. The number of unbranched alkanes of at least 4 members (excludes halogenated alkanes) is 3. The standard InChI is InChI=1S/C23H29NO6/c1-3-4-5-6-10-24-13-15(25)14-29-16-11-18(26)21-20(12-16)30-23-17(22(21)27)8-7-9-19(23)28-2/h7-9,11-12,15,24-26H,3-6,10,13-14H2,1-2H3. The lowest BCUT2D eigenvalue weighted by molar-refractivity contribution is 0.106. The molecule has 0 saturated heterocycles. The third-order valence-electron chi connectivity index (χ3n) is 4.97. The highest BCUT2D eigenvalue weighted by Crippen LogP contribution is 2.33. The fourth-order valence-electron chi connectivity index (χ4n) is 3.37. The second-order valence-electron chi connectivity index (χ2n) is 7.31. The summed E-state index contributed by atoms with van der Waals surface area (Å²) < 4.78 is 16.7. The molecule has 0 aliphatic rings. The Bertz CT molecular complexity index is 1050. The molecule has 1 unspecified atom stereocenters. The fraction of sp³-hybridized carbons (Fsp3) is 0.435. The third-order valence-corrected chi connectivity index (χ3v) is 4.97. The zero-order valence-electron chi connectivity index (χ0n) is 17.4. The van der Waals surface area contributed by atoms with Crippen LogP contribution in [-0.2, 0) is 0 Å². The van der Waals surface area contributed by atoms with Crippen LogP contribution in [0.4, 0.5) is 0 Å². The first-order valence-electron chi connectivity index (χ1n) is 10.3. The van der Waals surface area contributed by atoms with Crippen LogP contribution in [0.5, 0.6) is 17.2 Å². The number of aromatic hydroxyl groups is 1. The number of benzene rings is 2. The van der Waals surface area contributed by atoms with E-state index in [1.165, 1.54) is 38.5 Å². The molecular weight excluding hydrogens is 386 g/mol. The monoisotopic (exact) mass is 415 g/mol. The number of para-hydroxylation sites is 1. The van der Waals surface area contributed by atoms with Crippen molar-refractivity contribution in [3.8, 4) is 17.2 Å². The fourth-order valence-corrected chi connectivity index (χ4v) is 3.37. The van der Waals surface area contributed by atoms with Crippen molar-refractivity contribution in [3.05, 3.63) is 40.6 Å². The van der Waals surface area contributed by atoms with Crippen molar-refractivity contribution in [2.45, 2.75) is 38.7 Å². The summed E-state index contributed by atoms with van der Waals surface area (Å²) in [6.45, 7) is 3.49. The number of phenols is 1. The van der Waals surface area contributed by atoms with Gasteiger partial charge >= 0.3 is 0 Å². The first-order chi connectivity index (χ1) is 14.5. The van der Waals surface area contributed by atoms with Gasteiger partial charge < -0.3 is 29.4 Å². The molecule has 0 aliphatic heterocycles. The molecule has 162 valence electrons. The minimum atomic E-state index is -0.697. The summed E-state index contributed by atoms with van der Waals surface area (Å²) >= 11 is 0. The Hall–Kier alpha value is -2.77. The number of fused-ring (bicyclic) bond motifs is 2. The summed E-state index contributed by atoms with van der Waals surface area (Å²) in [5, 5.41) is 24.1. The Balaban J connectivity index is 1.71. The maximum atomic E-state index is 12.8. The van der Waals surface area contributed by atoms with Crippen LogP contribution in [0.2, 0.25) is 0 Å². The van der Waals surface area contributed by atoms with Crippen LogP contribution in [0, 0.1) is 0 Å². The molecule has 0 radical (unpaired) electrons. The molecule has 0 amide bonds. The number of ether oxygens (including phenoxy) is 2. The Kier molecular flexibility index (Phi) is 7.54. The number of nitrogens with one attached hydrogen (secondary N) is 1. The van der Waals surface area contributed by atoms with E-state index in [0.717, 1.165) is 13.0 Å². The van der Waals surface area contributed by atoms with Gasteiger partial charge in [0.05, 0.1) is 12.5 Å². The maximum Gasteiger partial charge on any atom is 0.204 e. The van der Waals surface area contributed by atoms with Gasteiger partial charge in [0.25, 0.3) is 0 Å². The van der Waals surface area contributed by atoms with E-state index in [1.54, 1.807) is 18.2 Å². The van der Waals surface area contributed by atoms with E-state index < -0.39 is 6.10 Å². The van der Waals surface area contributed by atoms with Gasteiger partial charge in [0.15, 0.2) is 11.3 Å². The average molecular weight is 415 g/mol. The van der Waals surface area contributed by atoms with Gasteiger partial charge in [-0.1, -0.05) is 32.3 Å². The highest BCUT2D eigenvalue weighted by molar-refractivity contribution is 5.95. The molecule has 7 nitrogen and oxygen atoms in total. The van der Waals surface area contributed by atoms with Gasteiger partial charge in [-0.15, -0.1) is 0 Å². The van der Waals surface area contributed by atoms with E-state index >= 15 is 0 Å². The van der Waals surface area contributed by atoms with Crippen molar-refractivity contribution < 1.29 is 24.1 Å². The van der Waals surface area contributed by atoms with Crippen LogP contribution >= 0.6 is 0 Å². The first kappa shape index (κ1) is 21.9. The van der Waals surface area contributed by atoms with Crippen LogP contribution in [0.15, 0.2) is 39.5 Å². The minimum absolute atomic E-state index is 0.0496. The third kappa shape index (κ3) is 5.04. The van der Waals surface area contributed by atoms with Crippen molar-refractivity contribution in [1.29, 1.82) is 0 Å². The topological polar surface area (TPSA) is 101 Å². The molecule has 3 N–H and O–H groups in total. The Morgan fingerprint density at radius 3 is 2.80 bits per heavy atom. The van der Waals surface area contributed by atoms with Crippen LogP contribution in [-0.4, -0.2) is 43.1 Å². The summed E-state index contributed by atoms with van der Waals surface area (Å²) in [6.07, 6.45) is 3.97. The first-order valence-corrected chi connectivity index (χ1v) is 10.3. The average Bonchev–Trinajstić information content (AvgIpc) is 2.74. The van der Waals surface area contributed by atoms with E-state index in [9.17, 15) is 15.0 Å². The van der Waals surface area contributed by atoms with Crippen molar-refractivity contribution in [2.24, 2.45) is 0 Å². The molecular formula is C23H29NO6. The molecule has 7 heteroatoms. The summed E-state index contributed by atoms with van der Waals surface area (Å²) in [5.74, 6) is 0.502. The minimum Gasteiger partial charge on any atom is -0.507 e. The van der Waals surface area contributed by atoms with Crippen LogP contribution in [0.1, 0.15) is 32.6 Å². The highest BCUT2D eigenvalue weighted by atomic mass is 16.5. The number of hydrogen-bond acceptors (Lipinski definition) is 7. The van der Waals surface area contributed by atoms with Gasteiger partial charge in [-0.2, -0.15) is 0 Å². The summed E-state index contributed by atoms with van der Waals surface area (Å²) in [7, 11) is 1.50. The summed E-state index contributed by atoms with van der Waals surface area (Å²) in [6, 6.07) is 7.91. The Labute approximate surface area is 175 Å². The maximum absolute atomic E-state index is 12.8. The number of aliphatic hydroxyl groups excluding tert-OH is 1. The van der Waals surface area contributed by atoms with Crippen LogP contribution in [0.3, 0.4) is 0 Å².